The number of amides is 1. The van der Waals surface area contributed by atoms with Crippen LogP contribution in [0.3, 0.4) is 0 Å². The molecule has 13 heavy (non-hydrogen) atoms. The van der Waals surface area contributed by atoms with E-state index in [0.29, 0.717) is 24.4 Å². The third kappa shape index (κ3) is 1.46. The first kappa shape index (κ1) is 9.00. The number of fused-ring (bicyclic) bond motifs is 1. The molecule has 3 heteroatoms. The molecule has 3 nitrogen and oxygen atoms in total. The molecule has 2 rings (SSSR count). The fourth-order valence-corrected chi connectivity index (χ4v) is 2.36. The fraction of sp³-hybridized carbons (Fsp3) is 0.900. The molecule has 0 radical (unpaired) electrons. The lowest BCUT2D eigenvalue weighted by atomic mass is 9.79. The highest BCUT2D eigenvalue weighted by molar-refractivity contribution is 5.79. The highest BCUT2D eigenvalue weighted by atomic mass is 16.5. The van der Waals surface area contributed by atoms with Crippen molar-refractivity contribution in [1.82, 2.24) is 5.32 Å². The molecule has 2 fully saturated rings. The van der Waals surface area contributed by atoms with Gasteiger partial charge in [0.25, 0.3) is 0 Å². The Balaban J connectivity index is 2.19. The van der Waals surface area contributed by atoms with Crippen LogP contribution in [0.15, 0.2) is 0 Å². The van der Waals surface area contributed by atoms with Gasteiger partial charge in [0, 0.05) is 6.54 Å². The lowest BCUT2D eigenvalue weighted by Crippen LogP contribution is -2.32. The zero-order valence-corrected chi connectivity index (χ0v) is 8.25. The van der Waals surface area contributed by atoms with Gasteiger partial charge in [0.05, 0.1) is 19.1 Å². The Labute approximate surface area is 78.8 Å². The van der Waals surface area contributed by atoms with Gasteiger partial charge in [0.2, 0.25) is 5.91 Å². The molecule has 0 aliphatic carbocycles. The van der Waals surface area contributed by atoms with Crippen LogP contribution in [0.2, 0.25) is 0 Å². The van der Waals surface area contributed by atoms with E-state index in [1.54, 1.807) is 0 Å². The molecular formula is C10H17NO2. The maximum Gasteiger partial charge on any atom is 0.225 e. The van der Waals surface area contributed by atoms with Gasteiger partial charge in [0.1, 0.15) is 0 Å². The van der Waals surface area contributed by atoms with Gasteiger partial charge in [0.15, 0.2) is 0 Å². The quantitative estimate of drug-likeness (QED) is 0.599. The van der Waals surface area contributed by atoms with Crippen LogP contribution in [0.4, 0.5) is 0 Å². The predicted molar refractivity (Wildman–Crippen MR) is 49.1 cm³/mol. The standard InChI is InChI=1S/C10H17NO2/c1-6-3-11-10(12)9-5-13-4-8(9)7(6)2/h6-9H,3-5H2,1-2H3,(H,11,12)/t6-,7-,8-,9-/m1/s1. The summed E-state index contributed by atoms with van der Waals surface area (Å²) in [6, 6.07) is 0. The van der Waals surface area contributed by atoms with Crippen molar-refractivity contribution < 1.29 is 9.53 Å². The number of nitrogens with one attached hydrogen (secondary N) is 1. The summed E-state index contributed by atoms with van der Waals surface area (Å²) >= 11 is 0. The number of carbonyl (C=O) groups is 1. The van der Waals surface area contributed by atoms with Crippen molar-refractivity contribution in [2.24, 2.45) is 23.7 Å². The van der Waals surface area contributed by atoms with Gasteiger partial charge in [-0.1, -0.05) is 13.8 Å². The van der Waals surface area contributed by atoms with E-state index in [0.717, 1.165) is 13.2 Å². The number of rotatable bonds is 0. The maximum absolute atomic E-state index is 11.6. The molecule has 0 aromatic rings. The summed E-state index contributed by atoms with van der Waals surface area (Å²) in [5.41, 5.74) is 0. The number of hydrogen-bond donors (Lipinski definition) is 1. The molecule has 2 saturated heterocycles. The van der Waals surface area contributed by atoms with Gasteiger partial charge < -0.3 is 10.1 Å². The van der Waals surface area contributed by atoms with E-state index < -0.39 is 0 Å². The van der Waals surface area contributed by atoms with E-state index in [1.165, 1.54) is 0 Å². The molecule has 4 atom stereocenters. The molecule has 0 aromatic heterocycles. The minimum absolute atomic E-state index is 0.111. The van der Waals surface area contributed by atoms with Crippen molar-refractivity contribution in [3.63, 3.8) is 0 Å². The van der Waals surface area contributed by atoms with Crippen LogP contribution in [0, 0.1) is 23.7 Å². The smallest absolute Gasteiger partial charge is 0.225 e. The zero-order chi connectivity index (χ0) is 9.42. The minimum Gasteiger partial charge on any atom is -0.380 e. The van der Waals surface area contributed by atoms with Gasteiger partial charge >= 0.3 is 0 Å². The van der Waals surface area contributed by atoms with Crippen molar-refractivity contribution in [3.05, 3.63) is 0 Å². The molecule has 0 saturated carbocycles. The topological polar surface area (TPSA) is 38.3 Å². The second kappa shape index (κ2) is 3.29. The van der Waals surface area contributed by atoms with Gasteiger partial charge in [-0.2, -0.15) is 0 Å². The minimum atomic E-state index is 0.111. The van der Waals surface area contributed by atoms with E-state index in [2.05, 4.69) is 19.2 Å². The Kier molecular flexibility index (Phi) is 2.28. The molecule has 2 heterocycles. The second-order valence-electron chi connectivity index (χ2n) is 4.39. The Morgan fingerprint density at radius 1 is 1.38 bits per heavy atom. The highest BCUT2D eigenvalue weighted by Crippen LogP contribution is 2.34. The predicted octanol–water partition coefficient (Wildman–Crippen LogP) is 0.651. The van der Waals surface area contributed by atoms with Crippen molar-refractivity contribution in [3.8, 4) is 0 Å². The van der Waals surface area contributed by atoms with Crippen LogP contribution in [0.25, 0.3) is 0 Å². The van der Waals surface area contributed by atoms with Crippen LogP contribution in [0.1, 0.15) is 13.8 Å². The molecule has 2 aliphatic rings. The largest absolute Gasteiger partial charge is 0.380 e. The molecule has 0 bridgehead atoms. The highest BCUT2D eigenvalue weighted by Gasteiger charge is 2.41. The molecule has 0 spiro atoms. The van der Waals surface area contributed by atoms with Gasteiger partial charge in [-0.3, -0.25) is 4.79 Å². The second-order valence-corrected chi connectivity index (χ2v) is 4.39. The molecule has 0 unspecified atom stereocenters. The summed E-state index contributed by atoms with van der Waals surface area (Å²) in [7, 11) is 0. The van der Waals surface area contributed by atoms with E-state index in [9.17, 15) is 4.79 Å². The lowest BCUT2D eigenvalue weighted by molar-refractivity contribution is -0.125. The Morgan fingerprint density at radius 2 is 2.15 bits per heavy atom. The SMILES string of the molecule is C[C@H]1[C@H]2COC[C@H]2C(=O)NC[C@H]1C. The van der Waals surface area contributed by atoms with Crippen LogP contribution in [-0.4, -0.2) is 25.7 Å². The van der Waals surface area contributed by atoms with E-state index in [1.807, 2.05) is 0 Å². The first-order valence-electron chi connectivity index (χ1n) is 5.05. The summed E-state index contributed by atoms with van der Waals surface area (Å²) in [6.45, 7) is 6.65. The third-order valence-electron chi connectivity index (χ3n) is 3.63. The summed E-state index contributed by atoms with van der Waals surface area (Å²) in [5, 5.41) is 2.98. The lowest BCUT2D eigenvalue weighted by Gasteiger charge is -2.22. The average molecular weight is 183 g/mol. The molecule has 0 aromatic carbocycles. The van der Waals surface area contributed by atoms with E-state index in [-0.39, 0.29) is 11.8 Å². The van der Waals surface area contributed by atoms with Crippen LogP contribution in [-0.2, 0) is 9.53 Å². The third-order valence-corrected chi connectivity index (χ3v) is 3.63. The first-order valence-corrected chi connectivity index (χ1v) is 5.05. The maximum atomic E-state index is 11.6. The first-order chi connectivity index (χ1) is 6.20. The molecule has 1 N–H and O–H groups in total. The monoisotopic (exact) mass is 183 g/mol. The molecule has 74 valence electrons. The summed E-state index contributed by atoms with van der Waals surface area (Å²) in [5.74, 6) is 1.91. The Bertz CT molecular complexity index is 217. The van der Waals surface area contributed by atoms with Gasteiger partial charge in [-0.25, -0.2) is 0 Å². The van der Waals surface area contributed by atoms with Gasteiger partial charge in [-0.15, -0.1) is 0 Å². The Morgan fingerprint density at radius 3 is 2.92 bits per heavy atom. The summed E-state index contributed by atoms with van der Waals surface area (Å²) in [4.78, 5) is 11.6. The zero-order valence-electron chi connectivity index (χ0n) is 8.25. The molecule has 1 amide bonds. The van der Waals surface area contributed by atoms with Crippen LogP contribution < -0.4 is 5.32 Å². The van der Waals surface area contributed by atoms with Crippen molar-refractivity contribution >= 4 is 5.91 Å². The number of hydrogen-bond acceptors (Lipinski definition) is 2. The van der Waals surface area contributed by atoms with Crippen LogP contribution in [0.5, 0.6) is 0 Å². The molecule has 2 aliphatic heterocycles. The number of ether oxygens (including phenoxy) is 1. The average Bonchev–Trinajstić information content (AvgIpc) is 2.57. The van der Waals surface area contributed by atoms with Crippen molar-refractivity contribution in [2.45, 2.75) is 13.8 Å². The van der Waals surface area contributed by atoms with Crippen molar-refractivity contribution in [1.29, 1.82) is 0 Å². The van der Waals surface area contributed by atoms with Gasteiger partial charge in [-0.05, 0) is 17.8 Å². The Hall–Kier alpha value is -0.570. The van der Waals surface area contributed by atoms with Crippen molar-refractivity contribution in [2.75, 3.05) is 19.8 Å². The van der Waals surface area contributed by atoms with Crippen LogP contribution >= 0.6 is 0 Å². The van der Waals surface area contributed by atoms with E-state index >= 15 is 0 Å². The number of carbonyl (C=O) groups excluding carboxylic acids is 1. The van der Waals surface area contributed by atoms with E-state index in [4.69, 9.17) is 4.74 Å². The summed E-state index contributed by atoms with van der Waals surface area (Å²) in [6.07, 6.45) is 0. The normalized spacial score (nSPS) is 45.2. The molecular weight excluding hydrogens is 166 g/mol. The fourth-order valence-electron chi connectivity index (χ4n) is 2.36. The summed E-state index contributed by atoms with van der Waals surface area (Å²) < 4.78 is 5.38.